The number of nitrogen functional groups attached to an aromatic ring is 1. The number of aromatic nitrogens is 1. The van der Waals surface area contributed by atoms with Gasteiger partial charge in [0.2, 0.25) is 11.8 Å². The minimum Gasteiger partial charge on any atom is -0.468 e. The van der Waals surface area contributed by atoms with Crippen molar-refractivity contribution in [1.82, 2.24) is 10.4 Å². The first-order valence-corrected chi connectivity index (χ1v) is 5.42. The molecule has 0 fully saturated rings. The summed E-state index contributed by atoms with van der Waals surface area (Å²) in [6, 6.07) is 1.54. The third-order valence-electron chi connectivity index (χ3n) is 1.94. The van der Waals surface area contributed by atoms with E-state index in [9.17, 15) is 31.1 Å². The molecule has 1 rings (SSSR count). The van der Waals surface area contributed by atoms with Gasteiger partial charge >= 0.3 is 12.4 Å². The van der Waals surface area contributed by atoms with Gasteiger partial charge in [0.25, 0.3) is 5.91 Å². The fraction of sp³-hybridized carbons (Fsp3) is 0.400. The smallest absolute Gasteiger partial charge is 0.422 e. The Morgan fingerprint density at radius 1 is 1.05 bits per heavy atom. The van der Waals surface area contributed by atoms with Gasteiger partial charge in [-0.3, -0.25) is 10.2 Å². The van der Waals surface area contributed by atoms with Crippen molar-refractivity contribution in [3.8, 4) is 11.8 Å². The summed E-state index contributed by atoms with van der Waals surface area (Å²) in [6.45, 7) is -3.49. The van der Waals surface area contributed by atoms with Gasteiger partial charge in [-0.2, -0.15) is 31.3 Å². The summed E-state index contributed by atoms with van der Waals surface area (Å²) >= 11 is 0. The number of nitrogens with one attached hydrogen (secondary N) is 1. The molecule has 0 aliphatic carbocycles. The molecule has 124 valence electrons. The van der Waals surface area contributed by atoms with Crippen LogP contribution in [0.3, 0.4) is 0 Å². The van der Waals surface area contributed by atoms with Crippen LogP contribution in [0.4, 0.5) is 26.3 Å². The molecule has 1 aromatic heterocycles. The zero-order valence-corrected chi connectivity index (χ0v) is 10.6. The van der Waals surface area contributed by atoms with Crippen LogP contribution in [0.5, 0.6) is 11.8 Å². The number of nitrogens with zero attached hydrogens (tertiary/aromatic N) is 1. The summed E-state index contributed by atoms with van der Waals surface area (Å²) in [5.41, 5.74) is 1.28. The third kappa shape index (κ3) is 6.47. The largest absolute Gasteiger partial charge is 0.468 e. The standard InChI is InChI=1S/C10H9F6N3O3/c11-9(12,13)3-21-6-1-5(8(20)19-17)2-7(18-6)22-4-10(14,15)16/h1-2H,3-4,17H2,(H,19,20). The molecule has 0 unspecified atom stereocenters. The highest BCUT2D eigenvalue weighted by molar-refractivity contribution is 5.94. The second-order valence-electron chi connectivity index (χ2n) is 3.81. The summed E-state index contributed by atoms with van der Waals surface area (Å²) in [6.07, 6.45) is -9.39. The van der Waals surface area contributed by atoms with E-state index >= 15 is 0 Å². The zero-order chi connectivity index (χ0) is 17.0. The molecule has 0 saturated carbocycles. The topological polar surface area (TPSA) is 86.5 Å². The molecule has 0 radical (unpaired) electrons. The van der Waals surface area contributed by atoms with Gasteiger partial charge in [-0.25, -0.2) is 5.84 Å². The summed E-state index contributed by atoms with van der Waals surface area (Å²) in [5, 5.41) is 0. The first-order chi connectivity index (χ1) is 10.00. The number of pyridine rings is 1. The number of carbonyl (C=O) groups excluding carboxylic acids is 1. The van der Waals surface area contributed by atoms with Gasteiger partial charge in [-0.1, -0.05) is 0 Å². The summed E-state index contributed by atoms with van der Waals surface area (Å²) in [7, 11) is 0. The number of amides is 1. The number of ether oxygens (including phenoxy) is 2. The Balaban J connectivity index is 2.97. The van der Waals surface area contributed by atoms with Crippen LogP contribution in [0, 0.1) is 0 Å². The minimum atomic E-state index is -4.69. The molecule has 12 heteroatoms. The monoisotopic (exact) mass is 333 g/mol. The molecule has 6 nitrogen and oxygen atoms in total. The molecule has 1 amide bonds. The van der Waals surface area contributed by atoms with Gasteiger partial charge in [0.05, 0.1) is 5.56 Å². The highest BCUT2D eigenvalue weighted by atomic mass is 19.4. The van der Waals surface area contributed by atoms with Crippen LogP contribution >= 0.6 is 0 Å². The number of halogens is 6. The molecular weight excluding hydrogens is 324 g/mol. The summed E-state index contributed by atoms with van der Waals surface area (Å²) < 4.78 is 80.8. The number of hydrogen-bond donors (Lipinski definition) is 2. The van der Waals surface area contributed by atoms with Crippen LogP contribution in [-0.4, -0.2) is 36.5 Å². The number of hydrogen-bond acceptors (Lipinski definition) is 5. The maximum absolute atomic E-state index is 12.0. The van der Waals surface area contributed by atoms with E-state index in [2.05, 4.69) is 14.5 Å². The lowest BCUT2D eigenvalue weighted by atomic mass is 10.2. The Labute approximate surface area is 119 Å². The van der Waals surface area contributed by atoms with Crippen LogP contribution in [0.2, 0.25) is 0 Å². The van der Waals surface area contributed by atoms with Gasteiger partial charge < -0.3 is 9.47 Å². The number of nitrogens with two attached hydrogens (primary N) is 1. The van der Waals surface area contributed by atoms with Gasteiger partial charge in [0.15, 0.2) is 13.2 Å². The molecule has 0 spiro atoms. The quantitative estimate of drug-likeness (QED) is 0.370. The van der Waals surface area contributed by atoms with Crippen molar-refractivity contribution in [3.05, 3.63) is 17.7 Å². The molecule has 1 heterocycles. The molecule has 22 heavy (non-hydrogen) atoms. The van der Waals surface area contributed by atoms with Crippen molar-refractivity contribution >= 4 is 5.91 Å². The minimum absolute atomic E-state index is 0.383. The maximum Gasteiger partial charge on any atom is 0.422 e. The zero-order valence-electron chi connectivity index (χ0n) is 10.6. The average Bonchev–Trinajstić information content (AvgIpc) is 2.40. The molecule has 0 aliphatic heterocycles. The Hall–Kier alpha value is -2.24. The molecule has 0 saturated heterocycles. The van der Waals surface area contributed by atoms with Crippen molar-refractivity contribution in [3.63, 3.8) is 0 Å². The summed E-state index contributed by atoms with van der Waals surface area (Å²) in [5.74, 6) is 2.37. The third-order valence-corrected chi connectivity index (χ3v) is 1.94. The number of alkyl halides is 6. The molecule has 0 bridgehead atoms. The van der Waals surface area contributed by atoms with Crippen molar-refractivity contribution in [2.24, 2.45) is 5.84 Å². The van der Waals surface area contributed by atoms with Gasteiger partial charge in [0.1, 0.15) is 0 Å². The lowest BCUT2D eigenvalue weighted by Gasteiger charge is -2.12. The molecule has 0 aliphatic rings. The fourth-order valence-electron chi connectivity index (χ4n) is 1.15. The number of hydrazine groups is 1. The Bertz CT molecular complexity index is 495. The number of rotatable bonds is 5. The van der Waals surface area contributed by atoms with Crippen molar-refractivity contribution in [2.75, 3.05) is 13.2 Å². The van der Waals surface area contributed by atoms with Gasteiger partial charge in [-0.05, 0) is 0 Å². The van der Waals surface area contributed by atoms with Crippen LogP contribution in [0.25, 0.3) is 0 Å². The molecule has 1 aromatic rings. The second kappa shape index (κ2) is 6.68. The lowest BCUT2D eigenvalue weighted by Crippen LogP contribution is -2.30. The van der Waals surface area contributed by atoms with Crippen molar-refractivity contribution in [2.45, 2.75) is 12.4 Å². The Kier molecular flexibility index (Phi) is 5.41. The predicted molar refractivity (Wildman–Crippen MR) is 59.0 cm³/mol. The van der Waals surface area contributed by atoms with E-state index in [0.717, 1.165) is 12.1 Å². The maximum atomic E-state index is 12.0. The van der Waals surface area contributed by atoms with Crippen LogP contribution in [0.1, 0.15) is 10.4 Å². The molecular formula is C10H9F6N3O3. The first kappa shape index (κ1) is 17.8. The highest BCUT2D eigenvalue weighted by Gasteiger charge is 2.30. The van der Waals surface area contributed by atoms with Crippen LogP contribution in [0.15, 0.2) is 12.1 Å². The van der Waals surface area contributed by atoms with Crippen LogP contribution in [-0.2, 0) is 0 Å². The Morgan fingerprint density at radius 3 is 1.77 bits per heavy atom. The van der Waals surface area contributed by atoms with Gasteiger partial charge in [-0.15, -0.1) is 0 Å². The van der Waals surface area contributed by atoms with E-state index in [1.807, 2.05) is 0 Å². The van der Waals surface area contributed by atoms with Crippen molar-refractivity contribution in [1.29, 1.82) is 0 Å². The second-order valence-corrected chi connectivity index (χ2v) is 3.81. The highest BCUT2D eigenvalue weighted by Crippen LogP contribution is 2.23. The summed E-state index contributed by atoms with van der Waals surface area (Å²) in [4.78, 5) is 14.6. The Morgan fingerprint density at radius 2 is 1.45 bits per heavy atom. The average molecular weight is 333 g/mol. The van der Waals surface area contributed by atoms with E-state index in [-0.39, 0.29) is 5.56 Å². The number of carbonyl (C=O) groups is 1. The normalized spacial score (nSPS) is 12.0. The van der Waals surface area contributed by atoms with E-state index in [1.54, 1.807) is 5.43 Å². The SMILES string of the molecule is NNC(=O)c1cc(OCC(F)(F)F)nc(OCC(F)(F)F)c1. The molecule has 0 aromatic carbocycles. The first-order valence-electron chi connectivity index (χ1n) is 5.42. The van der Waals surface area contributed by atoms with E-state index in [0.29, 0.717) is 0 Å². The lowest BCUT2D eigenvalue weighted by molar-refractivity contribution is -0.155. The van der Waals surface area contributed by atoms with Gasteiger partial charge in [0, 0.05) is 12.1 Å². The van der Waals surface area contributed by atoms with Crippen molar-refractivity contribution < 1.29 is 40.6 Å². The fourth-order valence-corrected chi connectivity index (χ4v) is 1.15. The predicted octanol–water partition coefficient (Wildman–Crippen LogP) is 1.57. The van der Waals surface area contributed by atoms with E-state index in [4.69, 9.17) is 5.84 Å². The molecule has 0 atom stereocenters. The van der Waals surface area contributed by atoms with Crippen LogP contribution < -0.4 is 20.7 Å². The molecule has 3 N–H and O–H groups in total. The van der Waals surface area contributed by atoms with E-state index < -0.39 is 43.2 Å². The van der Waals surface area contributed by atoms with E-state index in [1.165, 1.54) is 0 Å².